The summed E-state index contributed by atoms with van der Waals surface area (Å²) in [5.41, 5.74) is 2.01. The molecular formula is C19H23ClN2O3. The van der Waals surface area contributed by atoms with E-state index in [4.69, 9.17) is 4.74 Å². The van der Waals surface area contributed by atoms with Crippen molar-refractivity contribution in [1.29, 1.82) is 0 Å². The van der Waals surface area contributed by atoms with Crippen molar-refractivity contribution in [2.24, 2.45) is 5.92 Å². The number of β-amino-alcohol motifs (C(OH)–C–C–N with tert-alkyl or cyclic N) is 1. The molecule has 1 saturated heterocycles. The number of hydrogen-bond acceptors (Lipinski definition) is 4. The molecule has 0 radical (unpaired) electrons. The highest BCUT2D eigenvalue weighted by Crippen LogP contribution is 2.29. The number of amides is 1. The minimum absolute atomic E-state index is 0. The lowest BCUT2D eigenvalue weighted by molar-refractivity contribution is -0.123. The van der Waals surface area contributed by atoms with Gasteiger partial charge >= 0.3 is 0 Å². The van der Waals surface area contributed by atoms with Crippen LogP contribution in [0.15, 0.2) is 54.6 Å². The van der Waals surface area contributed by atoms with Crippen LogP contribution in [0.5, 0.6) is 5.75 Å². The summed E-state index contributed by atoms with van der Waals surface area (Å²) >= 11 is 0. The first kappa shape index (κ1) is 19.2. The van der Waals surface area contributed by atoms with E-state index in [-0.39, 0.29) is 30.8 Å². The second-order valence-corrected chi connectivity index (χ2v) is 5.94. The highest BCUT2D eigenvalue weighted by atomic mass is 35.5. The molecule has 1 aliphatic heterocycles. The Balaban J connectivity index is 0.00000225. The van der Waals surface area contributed by atoms with Crippen LogP contribution in [0, 0.1) is 5.92 Å². The summed E-state index contributed by atoms with van der Waals surface area (Å²) in [5, 5.41) is 15.6. The number of carbonyl (C=O) groups is 1. The predicted molar refractivity (Wildman–Crippen MR) is 100.0 cm³/mol. The molecule has 2 aromatic rings. The van der Waals surface area contributed by atoms with Gasteiger partial charge in [-0.2, -0.15) is 0 Å². The van der Waals surface area contributed by atoms with Crippen LogP contribution in [0.2, 0.25) is 0 Å². The molecule has 6 heteroatoms. The number of para-hydroxylation sites is 1. The molecular weight excluding hydrogens is 340 g/mol. The van der Waals surface area contributed by atoms with Gasteiger partial charge in [0.05, 0.1) is 6.10 Å². The number of ether oxygens (including phenoxy) is 1. The molecule has 3 rings (SSSR count). The summed E-state index contributed by atoms with van der Waals surface area (Å²) in [4.78, 5) is 12.0. The van der Waals surface area contributed by atoms with Gasteiger partial charge in [-0.15, -0.1) is 12.4 Å². The number of rotatable bonds is 6. The van der Waals surface area contributed by atoms with Crippen molar-refractivity contribution in [3.63, 3.8) is 0 Å². The smallest absolute Gasteiger partial charge is 0.257 e. The van der Waals surface area contributed by atoms with Crippen LogP contribution in [-0.2, 0) is 4.79 Å². The number of aliphatic hydroxyl groups is 1. The number of aliphatic hydroxyl groups excluding tert-OH is 1. The molecule has 2 aromatic carbocycles. The van der Waals surface area contributed by atoms with Crippen LogP contribution in [0.25, 0.3) is 11.1 Å². The molecule has 0 saturated carbocycles. The van der Waals surface area contributed by atoms with Gasteiger partial charge in [0.15, 0.2) is 6.61 Å². The van der Waals surface area contributed by atoms with E-state index in [1.165, 1.54) is 0 Å². The SMILES string of the molecule is Cl.O=C(COc1ccccc1-c1ccccc1)NCC1CNCC1O. The van der Waals surface area contributed by atoms with E-state index in [1.807, 2.05) is 54.6 Å². The zero-order valence-corrected chi connectivity index (χ0v) is 14.7. The summed E-state index contributed by atoms with van der Waals surface area (Å²) in [7, 11) is 0. The normalized spacial score (nSPS) is 19.1. The lowest BCUT2D eigenvalue weighted by Gasteiger charge is -2.15. The highest BCUT2D eigenvalue weighted by molar-refractivity contribution is 5.85. The van der Waals surface area contributed by atoms with Crippen molar-refractivity contribution in [1.82, 2.24) is 10.6 Å². The molecule has 0 aromatic heterocycles. The first-order valence-corrected chi connectivity index (χ1v) is 8.17. The lowest BCUT2D eigenvalue weighted by Crippen LogP contribution is -2.36. The Bertz CT molecular complexity index is 681. The minimum atomic E-state index is -0.398. The van der Waals surface area contributed by atoms with E-state index in [9.17, 15) is 9.90 Å². The van der Waals surface area contributed by atoms with E-state index in [1.54, 1.807) is 0 Å². The van der Waals surface area contributed by atoms with Crippen molar-refractivity contribution in [2.75, 3.05) is 26.2 Å². The van der Waals surface area contributed by atoms with E-state index in [0.717, 1.165) is 17.7 Å². The first-order valence-electron chi connectivity index (χ1n) is 8.17. The van der Waals surface area contributed by atoms with Gasteiger partial charge in [-0.1, -0.05) is 48.5 Å². The molecule has 25 heavy (non-hydrogen) atoms. The maximum absolute atomic E-state index is 12.0. The largest absolute Gasteiger partial charge is 0.483 e. The Morgan fingerprint density at radius 3 is 2.56 bits per heavy atom. The fourth-order valence-electron chi connectivity index (χ4n) is 2.82. The molecule has 1 heterocycles. The van der Waals surface area contributed by atoms with Crippen LogP contribution in [0.4, 0.5) is 0 Å². The van der Waals surface area contributed by atoms with Crippen molar-refractivity contribution < 1.29 is 14.6 Å². The van der Waals surface area contributed by atoms with Gasteiger partial charge < -0.3 is 20.5 Å². The monoisotopic (exact) mass is 362 g/mol. The number of halogens is 1. The Labute approximate surface area is 153 Å². The zero-order valence-electron chi connectivity index (χ0n) is 13.9. The molecule has 1 amide bonds. The van der Waals surface area contributed by atoms with Gasteiger partial charge in [-0.25, -0.2) is 0 Å². The second-order valence-electron chi connectivity index (χ2n) is 5.94. The standard InChI is InChI=1S/C19H22N2O3.ClH/c22-17-12-20-10-15(17)11-21-19(23)13-24-18-9-5-4-8-16(18)14-6-2-1-3-7-14;/h1-9,15,17,20,22H,10-13H2,(H,21,23);1H. The summed E-state index contributed by atoms with van der Waals surface area (Å²) in [6.07, 6.45) is -0.398. The van der Waals surface area contributed by atoms with Gasteiger partial charge in [0.25, 0.3) is 5.91 Å². The van der Waals surface area contributed by atoms with Crippen LogP contribution < -0.4 is 15.4 Å². The Kier molecular flexibility index (Phi) is 7.25. The van der Waals surface area contributed by atoms with Crippen LogP contribution in [0.1, 0.15) is 0 Å². The summed E-state index contributed by atoms with van der Waals surface area (Å²) in [5.74, 6) is 0.559. The molecule has 0 aliphatic carbocycles. The van der Waals surface area contributed by atoms with Crippen molar-refractivity contribution in [2.45, 2.75) is 6.10 Å². The molecule has 5 nitrogen and oxygen atoms in total. The zero-order chi connectivity index (χ0) is 16.8. The number of hydrogen-bond donors (Lipinski definition) is 3. The van der Waals surface area contributed by atoms with E-state index >= 15 is 0 Å². The maximum Gasteiger partial charge on any atom is 0.257 e. The molecule has 1 fully saturated rings. The minimum Gasteiger partial charge on any atom is -0.483 e. The summed E-state index contributed by atoms with van der Waals surface area (Å²) in [6, 6.07) is 17.6. The van der Waals surface area contributed by atoms with Crippen molar-refractivity contribution in [3.05, 3.63) is 54.6 Å². The number of nitrogens with one attached hydrogen (secondary N) is 2. The molecule has 3 N–H and O–H groups in total. The maximum atomic E-state index is 12.0. The van der Waals surface area contributed by atoms with E-state index < -0.39 is 6.10 Å². The van der Waals surface area contributed by atoms with Crippen molar-refractivity contribution >= 4 is 18.3 Å². The molecule has 134 valence electrons. The second kappa shape index (κ2) is 9.42. The lowest BCUT2D eigenvalue weighted by atomic mass is 10.1. The highest BCUT2D eigenvalue weighted by Gasteiger charge is 2.25. The molecule has 0 spiro atoms. The van der Waals surface area contributed by atoms with Gasteiger partial charge in [0, 0.05) is 31.1 Å². The first-order chi connectivity index (χ1) is 11.7. The molecule has 2 atom stereocenters. The average Bonchev–Trinajstić information content (AvgIpc) is 3.04. The third kappa shape index (κ3) is 5.19. The number of carbonyl (C=O) groups excluding carboxylic acids is 1. The molecule has 0 bridgehead atoms. The van der Waals surface area contributed by atoms with Crippen LogP contribution >= 0.6 is 12.4 Å². The Morgan fingerprint density at radius 2 is 1.84 bits per heavy atom. The van der Waals surface area contributed by atoms with Gasteiger partial charge in [-0.05, 0) is 11.6 Å². The topological polar surface area (TPSA) is 70.6 Å². The predicted octanol–water partition coefficient (Wildman–Crippen LogP) is 1.85. The molecule has 1 aliphatic rings. The third-order valence-corrected chi connectivity index (χ3v) is 4.20. The summed E-state index contributed by atoms with van der Waals surface area (Å²) < 4.78 is 5.71. The average molecular weight is 363 g/mol. The van der Waals surface area contributed by atoms with E-state index in [0.29, 0.717) is 18.8 Å². The fraction of sp³-hybridized carbons (Fsp3) is 0.316. The fourth-order valence-corrected chi connectivity index (χ4v) is 2.82. The van der Waals surface area contributed by atoms with Gasteiger partial charge in [0.1, 0.15) is 5.75 Å². The van der Waals surface area contributed by atoms with Crippen LogP contribution in [0.3, 0.4) is 0 Å². The van der Waals surface area contributed by atoms with Crippen LogP contribution in [-0.4, -0.2) is 43.4 Å². The van der Waals surface area contributed by atoms with Crippen molar-refractivity contribution in [3.8, 4) is 16.9 Å². The third-order valence-electron chi connectivity index (χ3n) is 4.20. The Hall–Kier alpha value is -2.08. The van der Waals surface area contributed by atoms with E-state index in [2.05, 4.69) is 10.6 Å². The van der Waals surface area contributed by atoms with Gasteiger partial charge in [0.2, 0.25) is 0 Å². The summed E-state index contributed by atoms with van der Waals surface area (Å²) in [6.45, 7) is 1.72. The molecule has 2 unspecified atom stereocenters. The van der Waals surface area contributed by atoms with Gasteiger partial charge in [-0.3, -0.25) is 4.79 Å². The number of benzene rings is 2. The quantitative estimate of drug-likeness (QED) is 0.733. The Morgan fingerprint density at radius 1 is 1.12 bits per heavy atom.